The maximum Gasteiger partial charge on any atom is 0.281 e. The zero-order chi connectivity index (χ0) is 20.3. The lowest BCUT2D eigenvalue weighted by Gasteiger charge is -2.07. The molecule has 0 bridgehead atoms. The highest BCUT2D eigenvalue weighted by Crippen LogP contribution is 2.27. The minimum absolute atomic E-state index is 0.00133. The van der Waals surface area contributed by atoms with E-state index >= 15 is 0 Å². The number of aromatic nitrogens is 1. The Bertz CT molecular complexity index is 1070. The normalized spacial score (nSPS) is 10.4. The summed E-state index contributed by atoms with van der Waals surface area (Å²) in [6.07, 6.45) is 0. The van der Waals surface area contributed by atoms with E-state index < -0.39 is 16.7 Å². The van der Waals surface area contributed by atoms with E-state index in [0.717, 1.165) is 17.7 Å². The van der Waals surface area contributed by atoms with Gasteiger partial charge in [-0.05, 0) is 13.0 Å². The highest BCUT2D eigenvalue weighted by atomic mass is 35.5. The number of nitro benzene ring substituents is 1. The first-order valence-electron chi connectivity index (χ1n) is 7.94. The number of benzene rings is 2. The van der Waals surface area contributed by atoms with Crippen LogP contribution in [0, 0.1) is 17.0 Å². The summed E-state index contributed by atoms with van der Waals surface area (Å²) in [5.74, 6) is -1.22. The van der Waals surface area contributed by atoms with Crippen LogP contribution in [0.5, 0.6) is 0 Å². The van der Waals surface area contributed by atoms with Gasteiger partial charge in [-0.1, -0.05) is 41.9 Å². The number of hydrazine groups is 1. The second-order valence-electron chi connectivity index (χ2n) is 5.63. The van der Waals surface area contributed by atoms with Crippen LogP contribution in [-0.4, -0.2) is 21.7 Å². The highest BCUT2D eigenvalue weighted by molar-refractivity contribution is 7.17. The van der Waals surface area contributed by atoms with E-state index in [1.807, 2.05) is 30.3 Å². The number of thiazole rings is 1. The van der Waals surface area contributed by atoms with E-state index in [2.05, 4.69) is 15.8 Å². The Balaban J connectivity index is 1.70. The van der Waals surface area contributed by atoms with Crippen molar-refractivity contribution in [2.75, 3.05) is 0 Å². The summed E-state index contributed by atoms with van der Waals surface area (Å²) < 4.78 is 0. The molecule has 2 aromatic carbocycles. The summed E-state index contributed by atoms with van der Waals surface area (Å²) >= 11 is 7.11. The lowest BCUT2D eigenvalue weighted by Crippen LogP contribution is -2.41. The highest BCUT2D eigenvalue weighted by Gasteiger charge is 2.19. The van der Waals surface area contributed by atoms with Gasteiger partial charge in [0.25, 0.3) is 17.5 Å². The molecule has 0 fully saturated rings. The Morgan fingerprint density at radius 3 is 2.43 bits per heavy atom. The molecule has 0 aliphatic carbocycles. The second kappa shape index (κ2) is 8.15. The maximum atomic E-state index is 12.4. The average molecular weight is 417 g/mol. The molecule has 0 aliphatic heterocycles. The number of hydrogen-bond donors (Lipinski definition) is 2. The number of aryl methyl sites for hydroxylation is 1. The first-order chi connectivity index (χ1) is 13.4. The summed E-state index contributed by atoms with van der Waals surface area (Å²) in [4.78, 5) is 39.4. The number of rotatable bonds is 4. The molecule has 2 amide bonds. The summed E-state index contributed by atoms with van der Waals surface area (Å²) in [5, 5.41) is 11.3. The fraction of sp³-hybridized carbons (Fsp3) is 0.0556. The van der Waals surface area contributed by atoms with Crippen molar-refractivity contribution in [2.24, 2.45) is 0 Å². The molecule has 0 atom stereocenters. The van der Waals surface area contributed by atoms with Crippen molar-refractivity contribution in [3.05, 3.63) is 79.8 Å². The molecule has 0 aliphatic rings. The van der Waals surface area contributed by atoms with Crippen LogP contribution in [0.1, 0.15) is 25.7 Å². The fourth-order valence-corrected chi connectivity index (χ4v) is 3.58. The van der Waals surface area contributed by atoms with Gasteiger partial charge in [0.2, 0.25) is 0 Å². The quantitative estimate of drug-likeness (QED) is 0.496. The molecule has 0 saturated heterocycles. The molecule has 2 N–H and O–H groups in total. The summed E-state index contributed by atoms with van der Waals surface area (Å²) in [7, 11) is 0. The van der Waals surface area contributed by atoms with Crippen LogP contribution in [0.3, 0.4) is 0 Å². The third kappa shape index (κ3) is 4.16. The maximum absolute atomic E-state index is 12.4. The van der Waals surface area contributed by atoms with Crippen molar-refractivity contribution in [3.8, 4) is 10.6 Å². The minimum atomic E-state index is -0.696. The molecule has 3 rings (SSSR count). The van der Waals surface area contributed by atoms with E-state index in [-0.39, 0.29) is 16.3 Å². The van der Waals surface area contributed by atoms with Gasteiger partial charge in [0.05, 0.1) is 21.2 Å². The average Bonchev–Trinajstić information content (AvgIpc) is 3.08. The smallest absolute Gasteiger partial charge is 0.267 e. The predicted octanol–water partition coefficient (Wildman–Crippen LogP) is 3.75. The second-order valence-corrected chi connectivity index (χ2v) is 7.04. The van der Waals surface area contributed by atoms with Crippen LogP contribution >= 0.6 is 22.9 Å². The van der Waals surface area contributed by atoms with Crippen molar-refractivity contribution < 1.29 is 14.5 Å². The van der Waals surface area contributed by atoms with Gasteiger partial charge in [0.15, 0.2) is 0 Å². The zero-order valence-corrected chi connectivity index (χ0v) is 16.0. The van der Waals surface area contributed by atoms with Gasteiger partial charge in [-0.2, -0.15) is 0 Å². The van der Waals surface area contributed by atoms with E-state index in [0.29, 0.717) is 15.6 Å². The van der Waals surface area contributed by atoms with Crippen molar-refractivity contribution >= 4 is 40.4 Å². The number of nitrogens with zero attached hydrogens (tertiary/aromatic N) is 2. The SMILES string of the molecule is Cc1nc(-c2ccccc2)sc1C(=O)NNC(=O)c1ccc([N+](=O)[O-])cc1Cl. The molecule has 142 valence electrons. The van der Waals surface area contributed by atoms with Gasteiger partial charge in [-0.15, -0.1) is 11.3 Å². The Labute approximate surface area is 168 Å². The summed E-state index contributed by atoms with van der Waals surface area (Å²) in [5.41, 5.74) is 5.73. The number of nitrogens with one attached hydrogen (secondary N) is 2. The van der Waals surface area contributed by atoms with E-state index in [9.17, 15) is 19.7 Å². The van der Waals surface area contributed by atoms with Gasteiger partial charge >= 0.3 is 0 Å². The molecule has 10 heteroatoms. The van der Waals surface area contributed by atoms with Crippen LogP contribution in [-0.2, 0) is 0 Å². The number of halogens is 1. The first-order valence-corrected chi connectivity index (χ1v) is 9.13. The van der Waals surface area contributed by atoms with Crippen LogP contribution in [0.25, 0.3) is 10.6 Å². The third-order valence-electron chi connectivity index (χ3n) is 3.72. The predicted molar refractivity (Wildman–Crippen MR) is 105 cm³/mol. The van der Waals surface area contributed by atoms with Crippen LogP contribution < -0.4 is 10.9 Å². The lowest BCUT2D eigenvalue weighted by molar-refractivity contribution is -0.384. The molecule has 0 spiro atoms. The van der Waals surface area contributed by atoms with Crippen LogP contribution in [0.15, 0.2) is 48.5 Å². The first kappa shape index (κ1) is 19.5. The molecular weight excluding hydrogens is 404 g/mol. The number of carbonyl (C=O) groups is 2. The number of hydrogen-bond acceptors (Lipinski definition) is 6. The molecule has 0 unspecified atom stereocenters. The van der Waals surface area contributed by atoms with Crippen LogP contribution in [0.2, 0.25) is 5.02 Å². The summed E-state index contributed by atoms with van der Waals surface area (Å²) in [6.45, 7) is 1.70. The Morgan fingerprint density at radius 1 is 1.11 bits per heavy atom. The Kier molecular flexibility index (Phi) is 5.67. The molecule has 0 radical (unpaired) electrons. The number of non-ortho nitro benzene ring substituents is 1. The topological polar surface area (TPSA) is 114 Å². The molecule has 1 aromatic heterocycles. The van der Waals surface area contributed by atoms with E-state index in [4.69, 9.17) is 11.6 Å². The number of carbonyl (C=O) groups excluding carboxylic acids is 2. The van der Waals surface area contributed by atoms with E-state index in [1.165, 1.54) is 17.4 Å². The van der Waals surface area contributed by atoms with Gasteiger partial charge in [-0.3, -0.25) is 30.6 Å². The van der Waals surface area contributed by atoms with E-state index in [1.54, 1.807) is 6.92 Å². The van der Waals surface area contributed by atoms with Crippen molar-refractivity contribution in [2.45, 2.75) is 6.92 Å². The van der Waals surface area contributed by atoms with Crippen molar-refractivity contribution in [1.29, 1.82) is 0 Å². The third-order valence-corrected chi connectivity index (χ3v) is 5.24. The number of nitro groups is 1. The molecule has 8 nitrogen and oxygen atoms in total. The molecular formula is C18H13ClN4O4S. The molecule has 3 aromatic rings. The standard InChI is InChI=1S/C18H13ClN4O4S/c1-10-15(28-18(20-10)11-5-3-2-4-6-11)17(25)22-21-16(24)13-8-7-12(23(26)27)9-14(13)19/h2-9H,1H3,(H,21,24)(H,22,25). The lowest BCUT2D eigenvalue weighted by atomic mass is 10.2. The zero-order valence-electron chi connectivity index (χ0n) is 14.4. The van der Waals surface area contributed by atoms with Gasteiger partial charge in [0, 0.05) is 17.7 Å². The van der Waals surface area contributed by atoms with Gasteiger partial charge in [0.1, 0.15) is 9.88 Å². The Hall–Kier alpha value is -3.30. The molecule has 1 heterocycles. The van der Waals surface area contributed by atoms with Crippen molar-refractivity contribution in [3.63, 3.8) is 0 Å². The monoisotopic (exact) mass is 416 g/mol. The van der Waals surface area contributed by atoms with Crippen molar-refractivity contribution in [1.82, 2.24) is 15.8 Å². The molecule has 28 heavy (non-hydrogen) atoms. The number of amides is 2. The fourth-order valence-electron chi connectivity index (χ4n) is 2.35. The summed E-state index contributed by atoms with van der Waals surface area (Å²) in [6, 6.07) is 12.8. The minimum Gasteiger partial charge on any atom is -0.267 e. The Morgan fingerprint density at radius 2 is 1.79 bits per heavy atom. The van der Waals surface area contributed by atoms with Gasteiger partial charge < -0.3 is 0 Å². The molecule has 0 saturated carbocycles. The van der Waals surface area contributed by atoms with Crippen LogP contribution in [0.4, 0.5) is 5.69 Å². The largest absolute Gasteiger partial charge is 0.281 e. The van der Waals surface area contributed by atoms with Gasteiger partial charge in [-0.25, -0.2) is 4.98 Å².